The first-order chi connectivity index (χ1) is 17.4. The van der Waals surface area contributed by atoms with Crippen molar-refractivity contribution in [1.82, 2.24) is 14.9 Å². The van der Waals surface area contributed by atoms with Crippen LogP contribution in [0.4, 0.5) is 10.2 Å². The number of benzene rings is 1. The molecule has 0 atom stereocenters. The molecule has 1 aliphatic heterocycles. The van der Waals surface area contributed by atoms with Crippen molar-refractivity contribution in [2.45, 2.75) is 19.8 Å². The van der Waals surface area contributed by atoms with E-state index in [2.05, 4.69) is 15.3 Å². The van der Waals surface area contributed by atoms with E-state index >= 15 is 0 Å². The second-order valence-corrected chi connectivity index (χ2v) is 8.45. The number of aryl methyl sites for hydroxylation is 1. The normalized spacial score (nSPS) is 13.8. The number of aromatic nitrogens is 2. The number of hydrogen-bond donors (Lipinski definition) is 1. The number of pyridine rings is 2. The maximum absolute atomic E-state index is 13.8. The van der Waals surface area contributed by atoms with Crippen LogP contribution >= 0.6 is 0 Å². The molecule has 36 heavy (non-hydrogen) atoms. The van der Waals surface area contributed by atoms with Gasteiger partial charge < -0.3 is 15.0 Å². The molecule has 2 aromatic heterocycles. The van der Waals surface area contributed by atoms with Gasteiger partial charge in [-0.2, -0.15) is 0 Å². The number of carbonyl (C=O) groups excluding carboxylic acids is 2. The SMILES string of the molecule is COc1ccc(F)cc1C1=CCCN(C(=O)/C=C/c2ccc(NC(=O)c3cncc(C)c3)nc2)CC1. The number of methoxy groups -OCH3 is 1. The number of carbonyl (C=O) groups is 2. The van der Waals surface area contributed by atoms with Gasteiger partial charge in [0.15, 0.2) is 0 Å². The van der Waals surface area contributed by atoms with E-state index < -0.39 is 0 Å². The highest BCUT2D eigenvalue weighted by Gasteiger charge is 2.17. The van der Waals surface area contributed by atoms with E-state index in [9.17, 15) is 14.0 Å². The number of amides is 2. The van der Waals surface area contributed by atoms with Crippen molar-refractivity contribution in [3.8, 4) is 5.75 Å². The van der Waals surface area contributed by atoms with Crippen LogP contribution in [0.1, 0.15) is 39.9 Å². The topological polar surface area (TPSA) is 84.4 Å². The average molecular weight is 487 g/mol. The molecule has 0 fully saturated rings. The van der Waals surface area contributed by atoms with Gasteiger partial charge in [0.25, 0.3) is 5.91 Å². The molecule has 0 aliphatic carbocycles. The summed E-state index contributed by atoms with van der Waals surface area (Å²) in [6.07, 6.45) is 11.3. The lowest BCUT2D eigenvalue weighted by Crippen LogP contribution is -2.30. The highest BCUT2D eigenvalue weighted by Crippen LogP contribution is 2.31. The average Bonchev–Trinajstić information content (AvgIpc) is 3.14. The standard InChI is InChI=1S/C28H27FN4O3/c1-19-14-22(18-30-16-19)28(35)32-26-9-5-20(17-31-26)6-10-27(34)33-12-3-4-21(11-13-33)24-15-23(29)7-8-25(24)36-2/h4-10,14-18H,3,11-13H2,1-2H3,(H,31,32,35)/b10-6+. The van der Waals surface area contributed by atoms with Crippen LogP contribution in [-0.2, 0) is 4.79 Å². The molecule has 0 bridgehead atoms. The van der Waals surface area contributed by atoms with Gasteiger partial charge in [-0.1, -0.05) is 6.08 Å². The monoisotopic (exact) mass is 486 g/mol. The number of nitrogens with one attached hydrogen (secondary N) is 1. The van der Waals surface area contributed by atoms with E-state index in [1.54, 1.807) is 54.7 Å². The fourth-order valence-electron chi connectivity index (χ4n) is 3.98. The van der Waals surface area contributed by atoms with Crippen LogP contribution in [0.25, 0.3) is 11.6 Å². The molecule has 184 valence electrons. The quantitative estimate of drug-likeness (QED) is 0.501. The zero-order chi connectivity index (χ0) is 25.5. The Labute approximate surface area is 209 Å². The third-order valence-electron chi connectivity index (χ3n) is 5.84. The predicted molar refractivity (Wildman–Crippen MR) is 137 cm³/mol. The van der Waals surface area contributed by atoms with Crippen LogP contribution < -0.4 is 10.1 Å². The van der Waals surface area contributed by atoms with Crippen LogP contribution in [0, 0.1) is 12.7 Å². The van der Waals surface area contributed by atoms with Gasteiger partial charge in [0.05, 0.1) is 12.7 Å². The van der Waals surface area contributed by atoms with Crippen molar-refractivity contribution in [1.29, 1.82) is 0 Å². The summed E-state index contributed by atoms with van der Waals surface area (Å²) in [5.41, 5.74) is 3.77. The summed E-state index contributed by atoms with van der Waals surface area (Å²) in [6, 6.07) is 9.67. The number of halogens is 1. The van der Waals surface area contributed by atoms with Gasteiger partial charge in [-0.25, -0.2) is 9.37 Å². The van der Waals surface area contributed by atoms with Gasteiger partial charge in [-0.3, -0.25) is 14.6 Å². The van der Waals surface area contributed by atoms with Crippen molar-refractivity contribution in [3.63, 3.8) is 0 Å². The molecule has 7 nitrogen and oxygen atoms in total. The Hall–Kier alpha value is -4.33. The van der Waals surface area contributed by atoms with E-state index in [-0.39, 0.29) is 17.6 Å². The molecule has 1 aromatic carbocycles. The zero-order valence-corrected chi connectivity index (χ0v) is 20.2. The molecule has 3 heterocycles. The molecule has 1 N–H and O–H groups in total. The van der Waals surface area contributed by atoms with Crippen molar-refractivity contribution in [3.05, 3.63) is 95.2 Å². The van der Waals surface area contributed by atoms with E-state index in [0.29, 0.717) is 43.1 Å². The van der Waals surface area contributed by atoms with Crippen LogP contribution in [0.15, 0.2) is 67.1 Å². The van der Waals surface area contributed by atoms with E-state index in [1.165, 1.54) is 24.4 Å². The number of nitrogens with zero attached hydrogens (tertiary/aromatic N) is 3. The second-order valence-electron chi connectivity index (χ2n) is 8.45. The van der Waals surface area contributed by atoms with Crippen molar-refractivity contribution in [2.24, 2.45) is 0 Å². The maximum Gasteiger partial charge on any atom is 0.258 e. The first-order valence-corrected chi connectivity index (χ1v) is 11.6. The number of ether oxygens (including phenoxy) is 1. The highest BCUT2D eigenvalue weighted by molar-refractivity contribution is 6.03. The molecule has 4 rings (SSSR count). The summed E-state index contributed by atoms with van der Waals surface area (Å²) in [4.78, 5) is 35.2. The van der Waals surface area contributed by atoms with Crippen molar-refractivity contribution >= 4 is 29.3 Å². The molecule has 0 spiro atoms. The van der Waals surface area contributed by atoms with E-state index in [1.807, 2.05) is 13.0 Å². The molecular weight excluding hydrogens is 459 g/mol. The summed E-state index contributed by atoms with van der Waals surface area (Å²) < 4.78 is 19.2. The number of anilines is 1. The number of rotatable bonds is 6. The molecule has 8 heteroatoms. The van der Waals surface area contributed by atoms with Crippen molar-refractivity contribution < 1.29 is 18.7 Å². The van der Waals surface area contributed by atoms with Crippen LogP contribution in [0.2, 0.25) is 0 Å². The summed E-state index contributed by atoms with van der Waals surface area (Å²) in [6.45, 7) is 2.96. The first-order valence-electron chi connectivity index (χ1n) is 11.6. The Kier molecular flexibility index (Phi) is 7.85. The Balaban J connectivity index is 1.34. The summed E-state index contributed by atoms with van der Waals surface area (Å²) in [5.74, 6) is 0.300. The minimum absolute atomic E-state index is 0.111. The largest absolute Gasteiger partial charge is 0.496 e. The van der Waals surface area contributed by atoms with E-state index in [0.717, 1.165) is 22.3 Å². The fourth-order valence-corrected chi connectivity index (χ4v) is 3.98. The van der Waals surface area contributed by atoms with Crippen LogP contribution in [0.5, 0.6) is 5.75 Å². The summed E-state index contributed by atoms with van der Waals surface area (Å²) >= 11 is 0. The molecule has 1 aliphatic rings. The lowest BCUT2D eigenvalue weighted by atomic mass is 10.0. The number of hydrogen-bond acceptors (Lipinski definition) is 5. The smallest absolute Gasteiger partial charge is 0.258 e. The lowest BCUT2D eigenvalue weighted by molar-refractivity contribution is -0.125. The van der Waals surface area contributed by atoms with Gasteiger partial charge >= 0.3 is 0 Å². The highest BCUT2D eigenvalue weighted by atomic mass is 19.1. The second kappa shape index (κ2) is 11.4. The maximum atomic E-state index is 13.8. The van der Waals surface area contributed by atoms with Crippen molar-refractivity contribution in [2.75, 3.05) is 25.5 Å². The molecule has 0 unspecified atom stereocenters. The minimum atomic E-state index is -0.321. The Morgan fingerprint density at radius 1 is 1.11 bits per heavy atom. The zero-order valence-electron chi connectivity index (χ0n) is 20.2. The van der Waals surface area contributed by atoms with Gasteiger partial charge in [-0.05, 0) is 78.9 Å². The van der Waals surface area contributed by atoms with Crippen LogP contribution in [-0.4, -0.2) is 46.9 Å². The molecular formula is C28H27FN4O3. The minimum Gasteiger partial charge on any atom is -0.496 e. The van der Waals surface area contributed by atoms with Gasteiger partial charge in [0.2, 0.25) is 5.91 Å². The first kappa shape index (κ1) is 24.8. The Morgan fingerprint density at radius 2 is 1.97 bits per heavy atom. The van der Waals surface area contributed by atoms with E-state index in [4.69, 9.17) is 4.74 Å². The van der Waals surface area contributed by atoms with Crippen LogP contribution in [0.3, 0.4) is 0 Å². The third kappa shape index (κ3) is 6.21. The molecule has 0 saturated heterocycles. The molecule has 3 aromatic rings. The summed E-state index contributed by atoms with van der Waals surface area (Å²) in [5, 5.41) is 2.74. The molecule has 0 radical (unpaired) electrons. The molecule has 0 saturated carbocycles. The summed E-state index contributed by atoms with van der Waals surface area (Å²) in [7, 11) is 1.56. The predicted octanol–water partition coefficient (Wildman–Crippen LogP) is 4.90. The van der Waals surface area contributed by atoms with Gasteiger partial charge in [-0.15, -0.1) is 0 Å². The molecule has 2 amide bonds. The Bertz CT molecular complexity index is 1320. The third-order valence-corrected chi connectivity index (χ3v) is 5.84. The Morgan fingerprint density at radius 3 is 2.72 bits per heavy atom. The fraction of sp³-hybridized carbons (Fsp3) is 0.214. The van der Waals surface area contributed by atoms with Gasteiger partial charge in [0.1, 0.15) is 17.4 Å². The lowest BCUT2D eigenvalue weighted by Gasteiger charge is -2.19. The van der Waals surface area contributed by atoms with Gasteiger partial charge in [0, 0.05) is 43.3 Å².